The van der Waals surface area contributed by atoms with Crippen molar-refractivity contribution < 1.29 is 8.85 Å². The van der Waals surface area contributed by atoms with E-state index in [0.29, 0.717) is 5.54 Å². The Morgan fingerprint density at radius 3 is 2.11 bits per heavy atom. The highest BCUT2D eigenvalue weighted by atomic mass is 28.3. The minimum Gasteiger partial charge on any atom is -0.396 e. The Balaban J connectivity index is 2.76. The third-order valence-corrected chi connectivity index (χ3v) is 6.04. The van der Waals surface area contributed by atoms with E-state index in [-0.39, 0.29) is 0 Å². The molecular formula is C16H28O2Si. The third kappa shape index (κ3) is 5.89. The molecule has 0 aliphatic rings. The van der Waals surface area contributed by atoms with Crippen molar-refractivity contribution in [1.82, 2.24) is 0 Å². The molecule has 108 valence electrons. The van der Waals surface area contributed by atoms with Crippen LogP contribution in [0.1, 0.15) is 57.6 Å². The lowest BCUT2D eigenvalue weighted by molar-refractivity contribution is 0.202. The molecule has 0 amide bonds. The zero-order valence-electron chi connectivity index (χ0n) is 12.6. The molecule has 1 rings (SSSR count). The highest BCUT2D eigenvalue weighted by Crippen LogP contribution is 2.26. The fourth-order valence-corrected chi connectivity index (χ4v) is 4.65. The van der Waals surface area contributed by atoms with Crippen LogP contribution in [-0.4, -0.2) is 22.5 Å². The monoisotopic (exact) mass is 280 g/mol. The van der Waals surface area contributed by atoms with Gasteiger partial charge in [0.2, 0.25) is 0 Å². The van der Waals surface area contributed by atoms with Gasteiger partial charge in [0, 0.05) is 18.8 Å². The molecule has 0 bridgehead atoms. The van der Waals surface area contributed by atoms with Crippen LogP contribution in [0.4, 0.5) is 0 Å². The SMILES string of the molecule is CCCCCC(c1ccccc1)[SiH](OCC)OCC. The fourth-order valence-electron chi connectivity index (χ4n) is 2.38. The quantitative estimate of drug-likeness (QED) is 0.473. The van der Waals surface area contributed by atoms with E-state index >= 15 is 0 Å². The van der Waals surface area contributed by atoms with Gasteiger partial charge in [0.1, 0.15) is 0 Å². The van der Waals surface area contributed by atoms with Crippen LogP contribution >= 0.6 is 0 Å². The summed E-state index contributed by atoms with van der Waals surface area (Å²) in [5.41, 5.74) is 1.87. The smallest absolute Gasteiger partial charge is 0.329 e. The Morgan fingerprint density at radius 1 is 0.947 bits per heavy atom. The van der Waals surface area contributed by atoms with Crippen molar-refractivity contribution in [3.05, 3.63) is 35.9 Å². The molecule has 0 fully saturated rings. The van der Waals surface area contributed by atoms with E-state index in [1.54, 1.807) is 0 Å². The van der Waals surface area contributed by atoms with Crippen molar-refractivity contribution in [3.63, 3.8) is 0 Å². The first-order valence-electron chi connectivity index (χ1n) is 7.61. The van der Waals surface area contributed by atoms with Crippen LogP contribution in [0.25, 0.3) is 0 Å². The minimum atomic E-state index is -1.62. The van der Waals surface area contributed by atoms with Gasteiger partial charge in [-0.25, -0.2) is 0 Å². The molecule has 0 aliphatic carbocycles. The van der Waals surface area contributed by atoms with E-state index in [1.165, 1.54) is 31.2 Å². The Labute approximate surface area is 120 Å². The summed E-state index contributed by atoms with van der Waals surface area (Å²) >= 11 is 0. The van der Waals surface area contributed by atoms with E-state index in [1.807, 2.05) is 0 Å². The first-order chi connectivity index (χ1) is 9.33. The molecule has 2 nitrogen and oxygen atoms in total. The maximum Gasteiger partial charge on any atom is 0.329 e. The lowest BCUT2D eigenvalue weighted by Crippen LogP contribution is -2.31. The van der Waals surface area contributed by atoms with Crippen LogP contribution in [0.2, 0.25) is 0 Å². The second kappa shape index (κ2) is 10.2. The second-order valence-electron chi connectivity index (χ2n) is 4.79. The zero-order chi connectivity index (χ0) is 13.9. The molecule has 1 atom stereocenters. The van der Waals surface area contributed by atoms with Crippen LogP contribution in [0, 0.1) is 0 Å². The molecule has 0 radical (unpaired) electrons. The van der Waals surface area contributed by atoms with E-state index in [0.717, 1.165) is 13.2 Å². The van der Waals surface area contributed by atoms with Gasteiger partial charge in [-0.05, 0) is 25.8 Å². The standard InChI is InChI=1S/C16H28O2Si/c1-4-7-9-14-16(15-12-10-8-11-13-15)19(17-5-2)18-6-3/h8,10-13,16,19H,4-7,9,14H2,1-3H3. The van der Waals surface area contributed by atoms with Crippen molar-refractivity contribution in [2.45, 2.75) is 52.0 Å². The molecule has 1 unspecified atom stereocenters. The maximum absolute atomic E-state index is 5.95. The normalized spacial score (nSPS) is 12.8. The van der Waals surface area contributed by atoms with Crippen LogP contribution < -0.4 is 0 Å². The van der Waals surface area contributed by atoms with Gasteiger partial charge in [0.25, 0.3) is 0 Å². The number of hydrogen-bond donors (Lipinski definition) is 0. The van der Waals surface area contributed by atoms with E-state index in [4.69, 9.17) is 8.85 Å². The van der Waals surface area contributed by atoms with E-state index in [9.17, 15) is 0 Å². The summed E-state index contributed by atoms with van der Waals surface area (Å²) in [5, 5.41) is 0. The van der Waals surface area contributed by atoms with Crippen molar-refractivity contribution in [1.29, 1.82) is 0 Å². The number of rotatable bonds is 10. The van der Waals surface area contributed by atoms with Gasteiger partial charge < -0.3 is 8.85 Å². The molecular weight excluding hydrogens is 252 g/mol. The number of hydrogen-bond acceptors (Lipinski definition) is 2. The molecule has 0 saturated carbocycles. The molecule has 0 spiro atoms. The average Bonchev–Trinajstić information content (AvgIpc) is 2.45. The molecule has 0 aromatic heterocycles. The van der Waals surface area contributed by atoms with Gasteiger partial charge in [-0.2, -0.15) is 0 Å². The van der Waals surface area contributed by atoms with Gasteiger partial charge >= 0.3 is 9.28 Å². The van der Waals surface area contributed by atoms with Crippen molar-refractivity contribution in [2.75, 3.05) is 13.2 Å². The molecule has 1 aromatic rings. The fraction of sp³-hybridized carbons (Fsp3) is 0.625. The second-order valence-corrected chi connectivity index (χ2v) is 7.00. The molecule has 0 aliphatic heterocycles. The van der Waals surface area contributed by atoms with Crippen molar-refractivity contribution in [2.24, 2.45) is 0 Å². The Hall–Kier alpha value is -0.643. The summed E-state index contributed by atoms with van der Waals surface area (Å²) in [4.78, 5) is 0. The molecule has 3 heteroatoms. The Bertz CT molecular complexity index is 310. The summed E-state index contributed by atoms with van der Waals surface area (Å²) < 4.78 is 11.9. The van der Waals surface area contributed by atoms with Crippen LogP contribution in [0.5, 0.6) is 0 Å². The van der Waals surface area contributed by atoms with Gasteiger partial charge in [-0.15, -0.1) is 0 Å². The van der Waals surface area contributed by atoms with Crippen LogP contribution in [-0.2, 0) is 8.85 Å². The highest BCUT2D eigenvalue weighted by Gasteiger charge is 2.26. The lowest BCUT2D eigenvalue weighted by Gasteiger charge is -2.25. The van der Waals surface area contributed by atoms with Gasteiger partial charge in [-0.3, -0.25) is 0 Å². The summed E-state index contributed by atoms with van der Waals surface area (Å²) in [7, 11) is -1.62. The first-order valence-corrected chi connectivity index (χ1v) is 9.22. The Kier molecular flexibility index (Phi) is 8.79. The molecule has 0 N–H and O–H groups in total. The molecule has 0 heterocycles. The topological polar surface area (TPSA) is 18.5 Å². The number of unbranched alkanes of at least 4 members (excludes halogenated alkanes) is 2. The average molecular weight is 280 g/mol. The summed E-state index contributed by atoms with van der Waals surface area (Å²) in [5.74, 6) is 0. The van der Waals surface area contributed by atoms with Crippen molar-refractivity contribution in [3.8, 4) is 0 Å². The van der Waals surface area contributed by atoms with Gasteiger partial charge in [0.15, 0.2) is 0 Å². The predicted octanol–water partition coefficient (Wildman–Crippen LogP) is 4.18. The van der Waals surface area contributed by atoms with Crippen LogP contribution in [0.15, 0.2) is 30.3 Å². The van der Waals surface area contributed by atoms with Crippen LogP contribution in [0.3, 0.4) is 0 Å². The van der Waals surface area contributed by atoms with E-state index in [2.05, 4.69) is 51.1 Å². The largest absolute Gasteiger partial charge is 0.396 e. The predicted molar refractivity (Wildman–Crippen MR) is 83.7 cm³/mol. The molecule has 0 saturated heterocycles. The summed E-state index contributed by atoms with van der Waals surface area (Å²) in [6.45, 7) is 7.89. The maximum atomic E-state index is 5.95. The molecule has 19 heavy (non-hydrogen) atoms. The minimum absolute atomic E-state index is 0.479. The van der Waals surface area contributed by atoms with Gasteiger partial charge in [-0.1, -0.05) is 56.5 Å². The summed E-state index contributed by atoms with van der Waals surface area (Å²) in [6, 6.07) is 10.7. The first kappa shape index (κ1) is 16.4. The Morgan fingerprint density at radius 2 is 1.58 bits per heavy atom. The summed E-state index contributed by atoms with van der Waals surface area (Å²) in [6.07, 6.45) is 5.01. The third-order valence-electron chi connectivity index (χ3n) is 3.34. The molecule has 1 aromatic carbocycles. The van der Waals surface area contributed by atoms with Crippen molar-refractivity contribution >= 4 is 9.28 Å². The highest BCUT2D eigenvalue weighted by molar-refractivity contribution is 6.46. The number of benzene rings is 1. The lowest BCUT2D eigenvalue weighted by atomic mass is 10.1. The van der Waals surface area contributed by atoms with Gasteiger partial charge in [0.05, 0.1) is 0 Å². The zero-order valence-corrected chi connectivity index (χ0v) is 13.8. The van der Waals surface area contributed by atoms with E-state index < -0.39 is 9.28 Å².